The predicted molar refractivity (Wildman–Crippen MR) is 159 cm³/mol. The maximum Gasteiger partial charge on any atom is 0.254 e. The van der Waals surface area contributed by atoms with Crippen molar-refractivity contribution in [2.45, 2.75) is 52.0 Å². The molecule has 0 unspecified atom stereocenters. The van der Waals surface area contributed by atoms with E-state index in [-0.39, 0.29) is 11.8 Å². The van der Waals surface area contributed by atoms with E-state index in [2.05, 4.69) is 54.0 Å². The standard InChI is InChI=1S/C33H42ClN3O/c1-24-12-13-26(20-31(24)34)27(14-17-36-22-28(23-36)37-18-15-33(2,3)16-19-37)21-35(4)32(38)30-11-7-9-25-8-5-6-10-29(25)30/h5-13,20,27-28H,14-19,21-23H2,1-4H3/t27-/m1/s1. The molecule has 2 aliphatic rings. The van der Waals surface area contributed by atoms with Crippen molar-refractivity contribution in [3.05, 3.63) is 82.4 Å². The predicted octanol–water partition coefficient (Wildman–Crippen LogP) is 6.85. The van der Waals surface area contributed by atoms with Crippen molar-refractivity contribution < 1.29 is 4.79 Å². The first-order valence-corrected chi connectivity index (χ1v) is 14.5. The molecule has 3 aromatic carbocycles. The summed E-state index contributed by atoms with van der Waals surface area (Å²) in [5.74, 6) is 0.300. The summed E-state index contributed by atoms with van der Waals surface area (Å²) in [5.41, 5.74) is 3.57. The van der Waals surface area contributed by atoms with E-state index in [4.69, 9.17) is 11.6 Å². The first kappa shape index (κ1) is 27.2. The minimum absolute atomic E-state index is 0.0713. The zero-order valence-corrected chi connectivity index (χ0v) is 24.2. The molecule has 0 radical (unpaired) electrons. The number of likely N-dealkylation sites (N-methyl/N-ethyl adjacent to an activating group) is 1. The fourth-order valence-corrected chi connectivity index (χ4v) is 6.24. The summed E-state index contributed by atoms with van der Waals surface area (Å²) < 4.78 is 0. The Morgan fingerprint density at radius 3 is 2.50 bits per heavy atom. The minimum atomic E-state index is 0.0713. The molecule has 0 saturated carbocycles. The Morgan fingerprint density at radius 1 is 1.05 bits per heavy atom. The SMILES string of the molecule is Cc1ccc([C@H](CCN2CC(N3CCC(C)(C)CC3)C2)CN(C)C(=O)c2cccc3ccccc23)cc1Cl. The monoisotopic (exact) mass is 531 g/mol. The molecule has 5 heteroatoms. The smallest absolute Gasteiger partial charge is 0.254 e. The topological polar surface area (TPSA) is 26.8 Å². The van der Waals surface area contributed by atoms with Crippen molar-refractivity contribution in [2.75, 3.05) is 46.3 Å². The van der Waals surface area contributed by atoms with E-state index in [0.717, 1.165) is 53.0 Å². The molecule has 3 aromatic rings. The number of hydrogen-bond donors (Lipinski definition) is 0. The molecular weight excluding hydrogens is 490 g/mol. The van der Waals surface area contributed by atoms with Crippen molar-refractivity contribution in [3.63, 3.8) is 0 Å². The third-order valence-electron chi connectivity index (χ3n) is 8.93. The van der Waals surface area contributed by atoms with E-state index < -0.39 is 0 Å². The minimum Gasteiger partial charge on any atom is -0.341 e. The normalized spacial score (nSPS) is 19.3. The molecule has 0 aromatic heterocycles. The van der Waals surface area contributed by atoms with E-state index in [1.54, 1.807) is 0 Å². The van der Waals surface area contributed by atoms with Crippen LogP contribution in [0.3, 0.4) is 0 Å². The fraction of sp³-hybridized carbons (Fsp3) is 0.485. The number of carbonyl (C=O) groups is 1. The third kappa shape index (κ3) is 6.09. The number of carbonyl (C=O) groups excluding carboxylic acids is 1. The second-order valence-corrected chi connectivity index (χ2v) is 12.7. The lowest BCUT2D eigenvalue weighted by molar-refractivity contribution is 0.000978. The van der Waals surface area contributed by atoms with Crippen molar-refractivity contribution in [3.8, 4) is 0 Å². The molecule has 2 saturated heterocycles. The lowest BCUT2D eigenvalue weighted by Crippen LogP contribution is -2.61. The number of amides is 1. The highest BCUT2D eigenvalue weighted by Gasteiger charge is 2.35. The van der Waals surface area contributed by atoms with Crippen LogP contribution >= 0.6 is 11.6 Å². The van der Waals surface area contributed by atoms with Crippen LogP contribution in [-0.2, 0) is 0 Å². The summed E-state index contributed by atoms with van der Waals surface area (Å²) in [4.78, 5) is 20.8. The van der Waals surface area contributed by atoms with Crippen molar-refractivity contribution in [1.82, 2.24) is 14.7 Å². The van der Waals surface area contributed by atoms with Gasteiger partial charge in [-0.1, -0.05) is 74.0 Å². The number of halogens is 1. The maximum atomic E-state index is 13.6. The van der Waals surface area contributed by atoms with E-state index in [9.17, 15) is 4.79 Å². The third-order valence-corrected chi connectivity index (χ3v) is 9.34. The van der Waals surface area contributed by atoms with Gasteiger partial charge in [0.1, 0.15) is 0 Å². The average molecular weight is 532 g/mol. The Labute approximate surface area is 233 Å². The van der Waals surface area contributed by atoms with Crippen LogP contribution in [0.2, 0.25) is 5.02 Å². The van der Waals surface area contributed by atoms with Crippen LogP contribution in [0.4, 0.5) is 0 Å². The van der Waals surface area contributed by atoms with Crippen LogP contribution in [0.25, 0.3) is 10.8 Å². The average Bonchev–Trinajstić information content (AvgIpc) is 2.88. The molecular formula is C33H42ClN3O. The van der Waals surface area contributed by atoms with Gasteiger partial charge in [-0.25, -0.2) is 0 Å². The molecule has 2 fully saturated rings. The molecule has 1 amide bonds. The molecule has 5 rings (SSSR count). The van der Waals surface area contributed by atoms with Crippen LogP contribution < -0.4 is 0 Å². The first-order valence-electron chi connectivity index (χ1n) is 14.2. The van der Waals surface area contributed by atoms with Crippen LogP contribution in [0, 0.1) is 12.3 Å². The van der Waals surface area contributed by atoms with Gasteiger partial charge in [0.15, 0.2) is 0 Å². The van der Waals surface area contributed by atoms with Gasteiger partial charge in [-0.15, -0.1) is 0 Å². The lowest BCUT2D eigenvalue weighted by atomic mass is 9.82. The summed E-state index contributed by atoms with van der Waals surface area (Å²) in [5, 5.41) is 2.90. The van der Waals surface area contributed by atoms with Crippen LogP contribution in [-0.4, -0.2) is 73.0 Å². The molecule has 0 spiro atoms. The largest absolute Gasteiger partial charge is 0.341 e. The second kappa shape index (κ2) is 11.4. The molecule has 2 aliphatic heterocycles. The number of rotatable bonds is 8. The number of nitrogens with zero attached hydrogens (tertiary/aromatic N) is 3. The Morgan fingerprint density at radius 2 is 1.76 bits per heavy atom. The number of aryl methyl sites for hydroxylation is 1. The van der Waals surface area contributed by atoms with Gasteiger partial charge in [-0.2, -0.15) is 0 Å². The molecule has 2 heterocycles. The van der Waals surface area contributed by atoms with Crippen LogP contribution in [0.5, 0.6) is 0 Å². The Kier molecular flexibility index (Phi) is 8.14. The molecule has 202 valence electrons. The molecule has 1 atom stereocenters. The van der Waals surface area contributed by atoms with Gasteiger partial charge < -0.3 is 9.80 Å². The Balaban J connectivity index is 1.24. The van der Waals surface area contributed by atoms with Crippen molar-refractivity contribution in [1.29, 1.82) is 0 Å². The van der Waals surface area contributed by atoms with Crippen LogP contribution in [0.1, 0.15) is 60.5 Å². The van der Waals surface area contributed by atoms with Gasteiger partial charge in [0.2, 0.25) is 0 Å². The highest BCUT2D eigenvalue weighted by molar-refractivity contribution is 6.31. The van der Waals surface area contributed by atoms with E-state index in [1.165, 1.54) is 31.5 Å². The summed E-state index contributed by atoms with van der Waals surface area (Å²) in [7, 11) is 1.93. The highest BCUT2D eigenvalue weighted by atomic mass is 35.5. The molecule has 0 N–H and O–H groups in total. The Hall–Kier alpha value is -2.40. The van der Waals surface area contributed by atoms with Crippen molar-refractivity contribution >= 4 is 28.3 Å². The Bertz CT molecular complexity index is 1270. The highest BCUT2D eigenvalue weighted by Crippen LogP contribution is 2.33. The fourth-order valence-electron chi connectivity index (χ4n) is 6.05. The summed E-state index contributed by atoms with van der Waals surface area (Å²) >= 11 is 6.55. The number of benzene rings is 3. The van der Waals surface area contributed by atoms with E-state index >= 15 is 0 Å². The lowest BCUT2D eigenvalue weighted by Gasteiger charge is -2.49. The van der Waals surface area contributed by atoms with Gasteiger partial charge >= 0.3 is 0 Å². The second-order valence-electron chi connectivity index (χ2n) is 12.3. The van der Waals surface area contributed by atoms with Gasteiger partial charge in [0.05, 0.1) is 0 Å². The molecule has 4 nitrogen and oxygen atoms in total. The number of piperidine rings is 1. The number of fused-ring (bicyclic) bond motifs is 1. The quantitative estimate of drug-likeness (QED) is 0.318. The molecule has 0 bridgehead atoms. The summed E-state index contributed by atoms with van der Waals surface area (Å²) in [6.45, 7) is 13.3. The van der Waals surface area contributed by atoms with E-state index in [0.29, 0.717) is 18.0 Å². The van der Waals surface area contributed by atoms with Gasteiger partial charge in [0, 0.05) is 49.2 Å². The summed E-state index contributed by atoms with van der Waals surface area (Å²) in [6.07, 6.45) is 3.61. The zero-order valence-electron chi connectivity index (χ0n) is 23.4. The van der Waals surface area contributed by atoms with Gasteiger partial charge in [-0.05, 0) is 85.3 Å². The van der Waals surface area contributed by atoms with E-state index in [1.807, 2.05) is 49.2 Å². The number of likely N-dealkylation sites (tertiary alicyclic amines) is 2. The zero-order chi connectivity index (χ0) is 26.9. The van der Waals surface area contributed by atoms with Gasteiger partial charge in [-0.3, -0.25) is 9.69 Å². The number of hydrogen-bond acceptors (Lipinski definition) is 3. The van der Waals surface area contributed by atoms with Crippen molar-refractivity contribution in [2.24, 2.45) is 5.41 Å². The molecule has 0 aliphatic carbocycles. The van der Waals surface area contributed by atoms with Gasteiger partial charge in [0.25, 0.3) is 5.91 Å². The summed E-state index contributed by atoms with van der Waals surface area (Å²) in [6, 6.07) is 21.2. The maximum absolute atomic E-state index is 13.6. The first-order chi connectivity index (χ1) is 18.2. The van der Waals surface area contributed by atoms with Crippen LogP contribution in [0.15, 0.2) is 60.7 Å². The molecule has 38 heavy (non-hydrogen) atoms.